The number of carbonyl (C=O) groups is 1. The molecule has 0 radical (unpaired) electrons. The number of nitrogens with zero attached hydrogens (tertiary/aromatic N) is 3. The van der Waals surface area contributed by atoms with Crippen LogP contribution in [0.2, 0.25) is 0 Å². The molecule has 1 aliphatic heterocycles. The van der Waals surface area contributed by atoms with Crippen LogP contribution in [0.15, 0.2) is 64.9 Å². The number of rotatable bonds is 4. The van der Waals surface area contributed by atoms with E-state index in [1.807, 2.05) is 48.7 Å². The summed E-state index contributed by atoms with van der Waals surface area (Å²) in [7, 11) is -3.79. The van der Waals surface area contributed by atoms with Gasteiger partial charge in [0.1, 0.15) is 6.07 Å². The molecule has 0 unspecified atom stereocenters. The van der Waals surface area contributed by atoms with Crippen molar-refractivity contribution in [1.29, 1.82) is 5.26 Å². The Hall–Kier alpha value is -2.99. The van der Waals surface area contributed by atoms with Crippen molar-refractivity contribution in [3.8, 4) is 17.2 Å². The highest BCUT2D eigenvalue weighted by Gasteiger charge is 2.32. The number of benzene rings is 2. The van der Waals surface area contributed by atoms with Gasteiger partial charge in [-0.1, -0.05) is 42.0 Å². The zero-order valence-corrected chi connectivity index (χ0v) is 18.6. The van der Waals surface area contributed by atoms with Crippen molar-refractivity contribution in [3.05, 3.63) is 76.0 Å². The summed E-state index contributed by atoms with van der Waals surface area (Å²) in [5, 5.41) is 11.2. The lowest BCUT2D eigenvalue weighted by Crippen LogP contribution is -2.50. The summed E-state index contributed by atoms with van der Waals surface area (Å²) in [4.78, 5) is 15.5. The number of nitriles is 1. The fraction of sp³-hybridized carbons (Fsp3) is 0.217. The van der Waals surface area contributed by atoms with Crippen molar-refractivity contribution >= 4 is 27.3 Å². The van der Waals surface area contributed by atoms with Gasteiger partial charge < -0.3 is 4.90 Å². The summed E-state index contributed by atoms with van der Waals surface area (Å²) in [6, 6.07) is 18.1. The molecular weight excluding hydrogens is 430 g/mol. The molecule has 0 bridgehead atoms. The van der Waals surface area contributed by atoms with Crippen LogP contribution in [-0.2, 0) is 10.0 Å². The summed E-state index contributed by atoms with van der Waals surface area (Å²) in [5.41, 5.74) is 3.17. The van der Waals surface area contributed by atoms with Crippen LogP contribution in [0.3, 0.4) is 0 Å². The zero-order chi connectivity index (χ0) is 22.0. The van der Waals surface area contributed by atoms with E-state index in [1.54, 1.807) is 17.0 Å². The lowest BCUT2D eigenvalue weighted by atomic mass is 10.0. The molecule has 1 amide bonds. The van der Waals surface area contributed by atoms with E-state index in [4.69, 9.17) is 0 Å². The molecule has 0 saturated carbocycles. The summed E-state index contributed by atoms with van der Waals surface area (Å²) < 4.78 is 27.4. The summed E-state index contributed by atoms with van der Waals surface area (Å²) >= 11 is 1.40. The molecular formula is C23H21N3O3S2. The standard InChI is InChI=1S/C23H21N3O3S2/c1-17-6-8-18(9-7-17)20-10-15-30-22(20)23(27)25-11-13-26(14-12-25)31(28,29)21-5-3-2-4-19(21)16-24/h2-10,15H,11-14H2,1H3. The van der Waals surface area contributed by atoms with E-state index in [9.17, 15) is 18.5 Å². The van der Waals surface area contributed by atoms with E-state index in [0.29, 0.717) is 18.0 Å². The first-order chi connectivity index (χ1) is 14.9. The van der Waals surface area contributed by atoms with Gasteiger partial charge in [-0.3, -0.25) is 4.79 Å². The van der Waals surface area contributed by atoms with Gasteiger partial charge in [-0.05, 0) is 36.1 Å². The maximum Gasteiger partial charge on any atom is 0.264 e. The quantitative estimate of drug-likeness (QED) is 0.605. The third-order valence-corrected chi connectivity index (χ3v) is 8.23. The van der Waals surface area contributed by atoms with Gasteiger partial charge in [0.05, 0.1) is 15.3 Å². The third-order valence-electron chi connectivity index (χ3n) is 5.37. The second-order valence-corrected chi connectivity index (χ2v) is 10.2. The topological polar surface area (TPSA) is 81.5 Å². The molecule has 31 heavy (non-hydrogen) atoms. The minimum atomic E-state index is -3.79. The molecule has 0 spiro atoms. The molecule has 2 aromatic carbocycles. The Morgan fingerprint density at radius 3 is 2.35 bits per heavy atom. The Morgan fingerprint density at radius 1 is 1.00 bits per heavy atom. The molecule has 158 valence electrons. The number of amides is 1. The van der Waals surface area contributed by atoms with Crippen LogP contribution in [0.1, 0.15) is 20.8 Å². The number of hydrogen-bond donors (Lipinski definition) is 0. The Kier molecular flexibility index (Phi) is 5.92. The van der Waals surface area contributed by atoms with Crippen molar-refractivity contribution in [1.82, 2.24) is 9.21 Å². The Morgan fingerprint density at radius 2 is 1.68 bits per heavy atom. The van der Waals surface area contributed by atoms with Crippen molar-refractivity contribution in [3.63, 3.8) is 0 Å². The summed E-state index contributed by atoms with van der Waals surface area (Å²) in [6.45, 7) is 3.01. The fourth-order valence-corrected chi connectivity index (χ4v) is 6.08. The van der Waals surface area contributed by atoms with Crippen LogP contribution in [-0.4, -0.2) is 49.7 Å². The van der Waals surface area contributed by atoms with Gasteiger partial charge >= 0.3 is 0 Å². The second-order valence-electron chi connectivity index (χ2n) is 7.33. The van der Waals surface area contributed by atoms with Crippen LogP contribution in [0.25, 0.3) is 11.1 Å². The van der Waals surface area contributed by atoms with E-state index in [-0.39, 0.29) is 29.5 Å². The van der Waals surface area contributed by atoms with Crippen LogP contribution in [0.5, 0.6) is 0 Å². The zero-order valence-electron chi connectivity index (χ0n) is 17.0. The number of thiophene rings is 1. The molecule has 4 rings (SSSR count). The monoisotopic (exact) mass is 451 g/mol. The van der Waals surface area contributed by atoms with Gasteiger partial charge in [-0.2, -0.15) is 9.57 Å². The molecule has 0 N–H and O–H groups in total. The van der Waals surface area contributed by atoms with Gasteiger partial charge in [-0.25, -0.2) is 8.42 Å². The molecule has 8 heteroatoms. The molecule has 2 heterocycles. The van der Waals surface area contributed by atoms with Crippen LogP contribution in [0, 0.1) is 18.3 Å². The third kappa shape index (κ3) is 4.12. The first-order valence-corrected chi connectivity index (χ1v) is 12.2. The van der Waals surface area contributed by atoms with E-state index in [2.05, 4.69) is 0 Å². The molecule has 6 nitrogen and oxygen atoms in total. The maximum atomic E-state index is 13.2. The number of sulfonamides is 1. The highest BCUT2D eigenvalue weighted by molar-refractivity contribution is 7.89. The van der Waals surface area contributed by atoms with Crippen molar-refractivity contribution in [2.45, 2.75) is 11.8 Å². The lowest BCUT2D eigenvalue weighted by Gasteiger charge is -2.34. The normalized spacial score (nSPS) is 14.9. The van der Waals surface area contributed by atoms with Crippen molar-refractivity contribution in [2.75, 3.05) is 26.2 Å². The van der Waals surface area contributed by atoms with E-state index in [1.165, 1.54) is 27.8 Å². The number of piperazine rings is 1. The van der Waals surface area contributed by atoms with Crippen LogP contribution < -0.4 is 0 Å². The fourth-order valence-electron chi connectivity index (χ4n) is 3.63. The number of carbonyl (C=O) groups excluding carboxylic acids is 1. The highest BCUT2D eigenvalue weighted by atomic mass is 32.2. The Balaban J connectivity index is 1.50. The molecule has 1 fully saturated rings. The van der Waals surface area contributed by atoms with E-state index >= 15 is 0 Å². The largest absolute Gasteiger partial charge is 0.335 e. The highest BCUT2D eigenvalue weighted by Crippen LogP contribution is 2.30. The average Bonchev–Trinajstić information content (AvgIpc) is 3.29. The predicted molar refractivity (Wildman–Crippen MR) is 120 cm³/mol. The van der Waals surface area contributed by atoms with Crippen LogP contribution >= 0.6 is 11.3 Å². The molecule has 3 aromatic rings. The maximum absolute atomic E-state index is 13.2. The molecule has 0 aliphatic carbocycles. The van der Waals surface area contributed by atoms with Gasteiger partial charge in [0.25, 0.3) is 5.91 Å². The first-order valence-electron chi connectivity index (χ1n) is 9.85. The van der Waals surface area contributed by atoms with Crippen molar-refractivity contribution < 1.29 is 13.2 Å². The minimum Gasteiger partial charge on any atom is -0.335 e. The van der Waals surface area contributed by atoms with E-state index < -0.39 is 10.0 Å². The lowest BCUT2D eigenvalue weighted by molar-refractivity contribution is 0.0703. The van der Waals surface area contributed by atoms with Gasteiger partial charge in [0, 0.05) is 31.7 Å². The smallest absolute Gasteiger partial charge is 0.264 e. The van der Waals surface area contributed by atoms with E-state index in [0.717, 1.165) is 16.7 Å². The summed E-state index contributed by atoms with van der Waals surface area (Å²) in [6.07, 6.45) is 0. The molecule has 1 aliphatic rings. The predicted octanol–water partition coefficient (Wildman–Crippen LogP) is 3.74. The van der Waals surface area contributed by atoms with Gasteiger partial charge in [-0.15, -0.1) is 11.3 Å². The molecule has 1 saturated heterocycles. The SMILES string of the molecule is Cc1ccc(-c2ccsc2C(=O)N2CCN(S(=O)(=O)c3ccccc3C#N)CC2)cc1. The number of hydrogen-bond acceptors (Lipinski definition) is 5. The second kappa shape index (κ2) is 8.63. The minimum absolute atomic E-state index is 0.0113. The van der Waals surface area contributed by atoms with Crippen molar-refractivity contribution in [2.24, 2.45) is 0 Å². The number of aryl methyl sites for hydroxylation is 1. The molecule has 0 atom stereocenters. The Labute approximate surface area is 186 Å². The molecule has 1 aromatic heterocycles. The van der Waals surface area contributed by atoms with Gasteiger partial charge in [0.2, 0.25) is 10.0 Å². The van der Waals surface area contributed by atoms with Crippen LogP contribution in [0.4, 0.5) is 0 Å². The first kappa shape index (κ1) is 21.2. The average molecular weight is 452 g/mol. The summed E-state index contributed by atoms with van der Waals surface area (Å²) in [5.74, 6) is -0.0833. The Bertz CT molecular complexity index is 1250. The van der Waals surface area contributed by atoms with Gasteiger partial charge in [0.15, 0.2) is 0 Å².